The number of aromatic nitrogens is 2. The van der Waals surface area contributed by atoms with E-state index in [9.17, 15) is 0 Å². The molecule has 0 radical (unpaired) electrons. The van der Waals surface area contributed by atoms with Crippen molar-refractivity contribution in [3.63, 3.8) is 0 Å². The van der Waals surface area contributed by atoms with Crippen LogP contribution < -0.4 is 10.1 Å². The predicted molar refractivity (Wildman–Crippen MR) is 68.6 cm³/mol. The molecule has 0 spiro atoms. The number of nitrogens with zero attached hydrogens (tertiary/aromatic N) is 2. The summed E-state index contributed by atoms with van der Waals surface area (Å²) in [4.78, 5) is 0. The largest absolute Gasteiger partial charge is 0.495 e. The van der Waals surface area contributed by atoms with Gasteiger partial charge in [-0.2, -0.15) is 0 Å². The van der Waals surface area contributed by atoms with Crippen LogP contribution in [-0.4, -0.2) is 24.4 Å². The molecule has 1 heterocycles. The second kappa shape index (κ2) is 5.01. The van der Waals surface area contributed by atoms with E-state index in [2.05, 4.69) is 15.5 Å². The molecule has 0 aliphatic heterocycles. The fraction of sp³-hybridized carbons (Fsp3) is 0.167. The number of hydrogen-bond acceptors (Lipinski definition) is 4. The van der Waals surface area contributed by atoms with Crippen LogP contribution in [0, 0.1) is 0 Å². The number of ether oxygens (including phenoxy) is 1. The van der Waals surface area contributed by atoms with Crippen LogP contribution in [-0.2, 0) is 0 Å². The van der Waals surface area contributed by atoms with Gasteiger partial charge in [0.05, 0.1) is 17.8 Å². The van der Waals surface area contributed by atoms with Crippen molar-refractivity contribution in [3.05, 3.63) is 35.4 Å². The van der Waals surface area contributed by atoms with Gasteiger partial charge in [0.2, 0.25) is 0 Å². The van der Waals surface area contributed by atoms with Crippen LogP contribution in [0.3, 0.4) is 0 Å². The molecule has 0 bridgehead atoms. The molecule has 88 valence electrons. The summed E-state index contributed by atoms with van der Waals surface area (Å²) in [6, 6.07) is 9.26. The Labute approximate surface area is 105 Å². The molecule has 1 N–H and O–H groups in total. The Morgan fingerprint density at radius 3 is 2.53 bits per heavy atom. The number of anilines is 1. The first-order chi connectivity index (χ1) is 8.24. The molecule has 0 fully saturated rings. The zero-order chi connectivity index (χ0) is 12.3. The third-order valence-electron chi connectivity index (χ3n) is 2.37. The van der Waals surface area contributed by atoms with Crippen LogP contribution in [0.1, 0.15) is 0 Å². The standard InChI is InChI=1S/C12H12ClN3O/c1-14-12-6-4-10(15-16-12)8-3-5-11(17-2)9(13)7-8/h3-7H,1-2H3,(H,14,16). The molecular weight excluding hydrogens is 238 g/mol. The van der Waals surface area contributed by atoms with E-state index in [4.69, 9.17) is 16.3 Å². The van der Waals surface area contributed by atoms with E-state index in [0.717, 1.165) is 17.1 Å². The number of halogens is 1. The summed E-state index contributed by atoms with van der Waals surface area (Å²) in [5.74, 6) is 1.38. The first kappa shape index (κ1) is 11.7. The average Bonchev–Trinajstić information content (AvgIpc) is 2.39. The van der Waals surface area contributed by atoms with Gasteiger partial charge < -0.3 is 10.1 Å². The molecule has 1 aromatic carbocycles. The van der Waals surface area contributed by atoms with E-state index in [0.29, 0.717) is 10.8 Å². The Morgan fingerprint density at radius 1 is 1.18 bits per heavy atom. The number of nitrogens with one attached hydrogen (secondary N) is 1. The van der Waals surface area contributed by atoms with Gasteiger partial charge in [-0.05, 0) is 30.3 Å². The maximum atomic E-state index is 6.05. The van der Waals surface area contributed by atoms with E-state index in [1.54, 1.807) is 14.2 Å². The summed E-state index contributed by atoms with van der Waals surface area (Å²) in [7, 11) is 3.39. The van der Waals surface area contributed by atoms with E-state index in [1.807, 2.05) is 30.3 Å². The number of rotatable bonds is 3. The molecule has 0 aliphatic carbocycles. The monoisotopic (exact) mass is 249 g/mol. The zero-order valence-electron chi connectivity index (χ0n) is 9.57. The molecule has 0 saturated carbocycles. The van der Waals surface area contributed by atoms with E-state index >= 15 is 0 Å². The molecule has 17 heavy (non-hydrogen) atoms. The van der Waals surface area contributed by atoms with Crippen molar-refractivity contribution < 1.29 is 4.74 Å². The van der Waals surface area contributed by atoms with Gasteiger partial charge in [-0.3, -0.25) is 0 Å². The lowest BCUT2D eigenvalue weighted by Crippen LogP contribution is -1.95. The zero-order valence-corrected chi connectivity index (χ0v) is 10.3. The first-order valence-corrected chi connectivity index (χ1v) is 5.48. The van der Waals surface area contributed by atoms with Gasteiger partial charge in [0.25, 0.3) is 0 Å². The number of hydrogen-bond donors (Lipinski definition) is 1. The van der Waals surface area contributed by atoms with Gasteiger partial charge >= 0.3 is 0 Å². The van der Waals surface area contributed by atoms with Gasteiger partial charge in [0.15, 0.2) is 0 Å². The maximum absolute atomic E-state index is 6.05. The minimum Gasteiger partial charge on any atom is -0.495 e. The number of benzene rings is 1. The summed E-state index contributed by atoms with van der Waals surface area (Å²) in [6.45, 7) is 0. The molecule has 0 atom stereocenters. The summed E-state index contributed by atoms with van der Waals surface area (Å²) in [6.07, 6.45) is 0. The minimum atomic E-state index is 0.560. The topological polar surface area (TPSA) is 47.0 Å². The molecule has 0 amide bonds. The van der Waals surface area contributed by atoms with Crippen molar-refractivity contribution in [2.24, 2.45) is 0 Å². The molecule has 0 unspecified atom stereocenters. The highest BCUT2D eigenvalue weighted by Crippen LogP contribution is 2.29. The lowest BCUT2D eigenvalue weighted by atomic mass is 10.1. The van der Waals surface area contributed by atoms with Crippen LogP contribution in [0.25, 0.3) is 11.3 Å². The highest BCUT2D eigenvalue weighted by atomic mass is 35.5. The first-order valence-electron chi connectivity index (χ1n) is 5.10. The number of methoxy groups -OCH3 is 1. The second-order valence-electron chi connectivity index (χ2n) is 3.40. The summed E-state index contributed by atoms with van der Waals surface area (Å²) in [5, 5.41) is 11.6. The van der Waals surface area contributed by atoms with Crippen LogP contribution in [0.4, 0.5) is 5.82 Å². The van der Waals surface area contributed by atoms with Crippen LogP contribution in [0.2, 0.25) is 5.02 Å². The highest BCUT2D eigenvalue weighted by molar-refractivity contribution is 6.32. The molecule has 2 aromatic rings. The molecule has 0 aliphatic rings. The fourth-order valence-electron chi connectivity index (χ4n) is 1.45. The summed E-state index contributed by atoms with van der Waals surface area (Å²) < 4.78 is 5.09. The highest BCUT2D eigenvalue weighted by Gasteiger charge is 2.05. The van der Waals surface area contributed by atoms with Crippen LogP contribution in [0.15, 0.2) is 30.3 Å². The minimum absolute atomic E-state index is 0.560. The normalized spacial score (nSPS) is 10.1. The van der Waals surface area contributed by atoms with Crippen molar-refractivity contribution in [1.82, 2.24) is 10.2 Å². The molecule has 5 heteroatoms. The average molecular weight is 250 g/mol. The van der Waals surface area contributed by atoms with E-state index in [-0.39, 0.29) is 0 Å². The predicted octanol–water partition coefficient (Wildman–Crippen LogP) is 2.85. The Morgan fingerprint density at radius 2 is 2.00 bits per heavy atom. The Bertz CT molecular complexity index is 514. The van der Waals surface area contributed by atoms with Crippen LogP contribution >= 0.6 is 11.6 Å². The summed E-state index contributed by atoms with van der Waals surface area (Å²) in [5.41, 5.74) is 1.68. The maximum Gasteiger partial charge on any atom is 0.148 e. The third-order valence-corrected chi connectivity index (χ3v) is 2.66. The lowest BCUT2D eigenvalue weighted by Gasteiger charge is -2.05. The van der Waals surface area contributed by atoms with Gasteiger partial charge in [-0.15, -0.1) is 10.2 Å². The third kappa shape index (κ3) is 2.47. The molecule has 4 nitrogen and oxygen atoms in total. The van der Waals surface area contributed by atoms with Crippen molar-refractivity contribution in [2.75, 3.05) is 19.5 Å². The van der Waals surface area contributed by atoms with Crippen molar-refractivity contribution in [3.8, 4) is 17.0 Å². The van der Waals surface area contributed by atoms with Crippen molar-refractivity contribution in [2.45, 2.75) is 0 Å². The summed E-state index contributed by atoms with van der Waals surface area (Å²) >= 11 is 6.05. The Kier molecular flexibility index (Phi) is 3.44. The quantitative estimate of drug-likeness (QED) is 0.909. The van der Waals surface area contributed by atoms with E-state index < -0.39 is 0 Å². The Hall–Kier alpha value is -1.81. The Balaban J connectivity index is 2.35. The molecule has 0 saturated heterocycles. The van der Waals surface area contributed by atoms with Crippen molar-refractivity contribution >= 4 is 17.4 Å². The molecular formula is C12H12ClN3O. The van der Waals surface area contributed by atoms with Crippen LogP contribution in [0.5, 0.6) is 5.75 Å². The SMILES string of the molecule is CNc1ccc(-c2ccc(OC)c(Cl)c2)nn1. The van der Waals surface area contributed by atoms with Gasteiger partial charge in [-0.25, -0.2) is 0 Å². The molecule has 1 aromatic heterocycles. The van der Waals surface area contributed by atoms with Gasteiger partial charge in [0, 0.05) is 12.6 Å². The van der Waals surface area contributed by atoms with Gasteiger partial charge in [-0.1, -0.05) is 11.6 Å². The van der Waals surface area contributed by atoms with Gasteiger partial charge in [0.1, 0.15) is 11.6 Å². The molecule has 2 rings (SSSR count). The second-order valence-corrected chi connectivity index (χ2v) is 3.81. The van der Waals surface area contributed by atoms with Crippen molar-refractivity contribution in [1.29, 1.82) is 0 Å². The smallest absolute Gasteiger partial charge is 0.148 e. The van der Waals surface area contributed by atoms with E-state index in [1.165, 1.54) is 0 Å². The fourth-order valence-corrected chi connectivity index (χ4v) is 1.70. The lowest BCUT2D eigenvalue weighted by molar-refractivity contribution is 0.415.